The van der Waals surface area contributed by atoms with Gasteiger partial charge < -0.3 is 33.8 Å². The van der Waals surface area contributed by atoms with Crippen LogP contribution in [0, 0.1) is 11.8 Å². The molecule has 0 radical (unpaired) electrons. The van der Waals surface area contributed by atoms with E-state index in [9.17, 15) is 43.2 Å². The Hall–Kier alpha value is -1.94. The van der Waals surface area contributed by atoms with Crippen molar-refractivity contribution >= 4 is 39.5 Å². The Balaban J connectivity index is 5.12. The SMILES string of the molecule is CCCCCCCCCCCCCCCCCCC(=O)OC[C@H](COP(=O)(O)OC[C@@H](O)COP(=O)(O)OC[C@@H](COC(=O)CCCCCCC)OC(=O)CCCCCCCCCCCCCC(C)C)OC(=O)CCCCCCCCCCCCCCCCCCCCC(C)C. The zero-order chi connectivity index (χ0) is 70.7. The van der Waals surface area contributed by atoms with Crippen molar-refractivity contribution in [2.75, 3.05) is 39.6 Å². The van der Waals surface area contributed by atoms with Gasteiger partial charge in [-0.05, 0) is 37.5 Å². The molecule has 0 aromatic carbocycles. The van der Waals surface area contributed by atoms with Crippen molar-refractivity contribution < 1.29 is 80.2 Å². The summed E-state index contributed by atoms with van der Waals surface area (Å²) in [5.41, 5.74) is 0. The molecular formula is C77H150O17P2. The molecule has 0 aliphatic carbocycles. The smallest absolute Gasteiger partial charge is 0.462 e. The Bertz CT molecular complexity index is 1860. The first-order chi connectivity index (χ1) is 46.4. The first-order valence-electron chi connectivity index (χ1n) is 40.0. The van der Waals surface area contributed by atoms with E-state index < -0.39 is 97.5 Å². The molecular weight excluding hydrogens is 1260 g/mol. The van der Waals surface area contributed by atoms with Gasteiger partial charge in [-0.2, -0.15) is 0 Å². The lowest BCUT2D eigenvalue weighted by molar-refractivity contribution is -0.161. The maximum Gasteiger partial charge on any atom is 0.472 e. The van der Waals surface area contributed by atoms with Gasteiger partial charge in [0.25, 0.3) is 0 Å². The number of unbranched alkanes of at least 4 members (excludes halogenated alkanes) is 46. The maximum atomic E-state index is 13.1. The number of phosphoric ester groups is 2. The lowest BCUT2D eigenvalue weighted by Crippen LogP contribution is -2.30. The van der Waals surface area contributed by atoms with Crippen molar-refractivity contribution in [1.29, 1.82) is 0 Å². The van der Waals surface area contributed by atoms with Gasteiger partial charge in [0.05, 0.1) is 26.4 Å². The van der Waals surface area contributed by atoms with Gasteiger partial charge in [-0.1, -0.05) is 350 Å². The minimum Gasteiger partial charge on any atom is -0.462 e. The molecule has 0 saturated carbocycles. The molecule has 0 aliphatic heterocycles. The zero-order valence-electron chi connectivity index (χ0n) is 62.7. The predicted molar refractivity (Wildman–Crippen MR) is 391 cm³/mol. The second-order valence-corrected chi connectivity index (χ2v) is 31.6. The lowest BCUT2D eigenvalue weighted by Gasteiger charge is -2.21. The number of aliphatic hydroxyl groups is 1. The Morgan fingerprint density at radius 2 is 0.479 bits per heavy atom. The summed E-state index contributed by atoms with van der Waals surface area (Å²) in [6, 6.07) is 0. The van der Waals surface area contributed by atoms with Gasteiger partial charge in [-0.25, -0.2) is 9.13 Å². The first-order valence-corrected chi connectivity index (χ1v) is 43.0. The standard InChI is InChI=1S/C77H150O17P2/c1-7-9-11-13-14-15-16-17-18-24-27-32-37-42-48-54-60-75(80)88-66-73(94-77(82)61-55-49-43-38-33-28-25-22-20-19-21-23-26-30-35-40-46-51-57-69(3)4)68-92-96(85,86)90-64-71(78)63-89-95(83,84)91-67-72(65-87-74(79)59-53-45-12-10-8-2)93-76(81)62-56-50-44-39-34-29-31-36-41-47-52-58-70(5)6/h69-73,78H,7-68H2,1-6H3,(H,83,84)(H,85,86)/t71-,72+,73+/m0/s1. The van der Waals surface area contributed by atoms with Crippen LogP contribution in [0.1, 0.15) is 401 Å². The average molecular weight is 1410 g/mol. The second kappa shape index (κ2) is 68.8. The van der Waals surface area contributed by atoms with Gasteiger partial charge in [-0.3, -0.25) is 37.3 Å². The topological polar surface area (TPSA) is 237 Å². The molecule has 570 valence electrons. The number of rotatable bonds is 76. The number of aliphatic hydroxyl groups excluding tert-OH is 1. The molecule has 0 amide bonds. The molecule has 96 heavy (non-hydrogen) atoms. The van der Waals surface area contributed by atoms with E-state index in [4.69, 9.17) is 37.0 Å². The summed E-state index contributed by atoms with van der Waals surface area (Å²) in [4.78, 5) is 72.6. The highest BCUT2D eigenvalue weighted by molar-refractivity contribution is 7.47. The van der Waals surface area contributed by atoms with Crippen molar-refractivity contribution in [2.24, 2.45) is 11.8 Å². The molecule has 2 unspecified atom stereocenters. The number of hydrogen-bond donors (Lipinski definition) is 3. The fraction of sp³-hybridized carbons (Fsp3) is 0.948. The molecule has 0 bridgehead atoms. The molecule has 0 spiro atoms. The monoisotopic (exact) mass is 1410 g/mol. The number of phosphoric acid groups is 2. The number of ether oxygens (including phenoxy) is 4. The molecule has 0 rings (SSSR count). The van der Waals surface area contributed by atoms with E-state index in [1.807, 2.05) is 0 Å². The Morgan fingerprint density at radius 1 is 0.281 bits per heavy atom. The van der Waals surface area contributed by atoms with E-state index in [2.05, 4.69) is 41.5 Å². The van der Waals surface area contributed by atoms with Gasteiger partial charge in [0.1, 0.15) is 19.3 Å². The van der Waals surface area contributed by atoms with Gasteiger partial charge in [-0.15, -0.1) is 0 Å². The van der Waals surface area contributed by atoms with Crippen molar-refractivity contribution in [3.8, 4) is 0 Å². The number of esters is 4. The third-order valence-electron chi connectivity index (χ3n) is 18.0. The molecule has 0 aromatic heterocycles. The molecule has 17 nitrogen and oxygen atoms in total. The molecule has 3 N–H and O–H groups in total. The van der Waals surface area contributed by atoms with Crippen LogP contribution in [-0.4, -0.2) is 96.7 Å². The second-order valence-electron chi connectivity index (χ2n) is 28.7. The van der Waals surface area contributed by atoms with E-state index in [1.54, 1.807) is 0 Å². The van der Waals surface area contributed by atoms with E-state index >= 15 is 0 Å². The third-order valence-corrected chi connectivity index (χ3v) is 19.9. The van der Waals surface area contributed by atoms with Crippen LogP contribution in [0.2, 0.25) is 0 Å². The van der Waals surface area contributed by atoms with Crippen molar-refractivity contribution in [1.82, 2.24) is 0 Å². The van der Waals surface area contributed by atoms with Crippen LogP contribution < -0.4 is 0 Å². The lowest BCUT2D eigenvalue weighted by atomic mass is 10.0. The molecule has 0 fully saturated rings. The van der Waals surface area contributed by atoms with Crippen LogP contribution in [0.4, 0.5) is 0 Å². The van der Waals surface area contributed by atoms with Crippen LogP contribution in [-0.2, 0) is 65.4 Å². The van der Waals surface area contributed by atoms with E-state index in [-0.39, 0.29) is 25.7 Å². The minimum absolute atomic E-state index is 0.106. The number of carbonyl (C=O) groups is 4. The summed E-state index contributed by atoms with van der Waals surface area (Å²) < 4.78 is 68.3. The van der Waals surface area contributed by atoms with E-state index in [0.717, 1.165) is 108 Å². The molecule has 0 aromatic rings. The molecule has 0 aliphatic rings. The molecule has 0 heterocycles. The maximum absolute atomic E-state index is 13.1. The summed E-state index contributed by atoms with van der Waals surface area (Å²) in [7, 11) is -9.90. The number of carbonyl (C=O) groups excluding carboxylic acids is 4. The van der Waals surface area contributed by atoms with Crippen LogP contribution in [0.5, 0.6) is 0 Å². The number of hydrogen-bond acceptors (Lipinski definition) is 15. The largest absolute Gasteiger partial charge is 0.472 e. The van der Waals surface area contributed by atoms with E-state index in [1.165, 1.54) is 212 Å². The minimum atomic E-state index is -4.96. The van der Waals surface area contributed by atoms with Gasteiger partial charge in [0.2, 0.25) is 0 Å². The first kappa shape index (κ1) is 94.1. The van der Waals surface area contributed by atoms with E-state index in [0.29, 0.717) is 25.7 Å². The fourth-order valence-corrected chi connectivity index (χ4v) is 13.4. The fourth-order valence-electron chi connectivity index (χ4n) is 11.8. The summed E-state index contributed by atoms with van der Waals surface area (Å²) in [6.07, 6.45) is 57.3. The van der Waals surface area contributed by atoms with Crippen molar-refractivity contribution in [2.45, 2.75) is 419 Å². The summed E-state index contributed by atoms with van der Waals surface area (Å²) in [5.74, 6) is -0.539. The zero-order valence-corrected chi connectivity index (χ0v) is 64.5. The van der Waals surface area contributed by atoms with Crippen molar-refractivity contribution in [3.63, 3.8) is 0 Å². The molecule has 19 heteroatoms. The molecule has 5 atom stereocenters. The van der Waals surface area contributed by atoms with Gasteiger partial charge in [0, 0.05) is 25.7 Å². The normalized spacial score (nSPS) is 14.0. The Morgan fingerprint density at radius 3 is 0.708 bits per heavy atom. The Kier molecular flexibility index (Phi) is 67.4. The Labute approximate surface area is 588 Å². The van der Waals surface area contributed by atoms with Crippen LogP contribution in [0.15, 0.2) is 0 Å². The van der Waals surface area contributed by atoms with Crippen LogP contribution in [0.25, 0.3) is 0 Å². The third kappa shape index (κ3) is 70.5. The highest BCUT2D eigenvalue weighted by atomic mass is 31.2. The van der Waals surface area contributed by atoms with Crippen molar-refractivity contribution in [3.05, 3.63) is 0 Å². The quantitative estimate of drug-likeness (QED) is 0.0222. The molecule has 0 saturated heterocycles. The summed E-state index contributed by atoms with van der Waals surface area (Å²) in [6.45, 7) is 9.55. The highest BCUT2D eigenvalue weighted by Crippen LogP contribution is 2.45. The highest BCUT2D eigenvalue weighted by Gasteiger charge is 2.30. The van der Waals surface area contributed by atoms with Crippen LogP contribution in [0.3, 0.4) is 0 Å². The summed E-state index contributed by atoms with van der Waals surface area (Å²) >= 11 is 0. The average Bonchev–Trinajstić information content (AvgIpc) is 1.53. The van der Waals surface area contributed by atoms with Gasteiger partial charge >= 0.3 is 39.5 Å². The van der Waals surface area contributed by atoms with Crippen LogP contribution >= 0.6 is 15.6 Å². The van der Waals surface area contributed by atoms with Gasteiger partial charge in [0.15, 0.2) is 12.2 Å². The predicted octanol–water partition coefficient (Wildman–Crippen LogP) is 22.7. The summed E-state index contributed by atoms with van der Waals surface area (Å²) in [5, 5.41) is 10.6.